The number of hydrogen-bond acceptors (Lipinski definition) is 4. The summed E-state index contributed by atoms with van der Waals surface area (Å²) in [5, 5.41) is 18.6. The molecule has 0 atom stereocenters. The predicted octanol–water partition coefficient (Wildman–Crippen LogP) is 1.20. The fourth-order valence-corrected chi connectivity index (χ4v) is 1.13. The average molecular weight is 178 g/mol. The first-order valence-corrected chi connectivity index (χ1v) is 3.62. The van der Waals surface area contributed by atoms with Gasteiger partial charge in [-0.25, -0.2) is 0 Å². The molecule has 13 heavy (non-hydrogen) atoms. The molecule has 4 heteroatoms. The van der Waals surface area contributed by atoms with E-state index in [-0.39, 0.29) is 16.7 Å². The van der Waals surface area contributed by atoms with E-state index < -0.39 is 11.2 Å². The Balaban J connectivity index is 3.11. The van der Waals surface area contributed by atoms with Gasteiger partial charge < -0.3 is 14.6 Å². The molecule has 1 aromatic carbocycles. The van der Waals surface area contributed by atoms with Crippen LogP contribution in [0.15, 0.2) is 33.7 Å². The quantitative estimate of drug-likeness (QED) is 0.635. The molecular weight excluding hydrogens is 172 g/mol. The Hall–Kier alpha value is -1.97. The minimum Gasteiger partial charge on any atom is -0.504 e. The molecule has 66 valence electrons. The van der Waals surface area contributed by atoms with Gasteiger partial charge in [0.2, 0.25) is 5.43 Å². The van der Waals surface area contributed by atoms with Crippen LogP contribution < -0.4 is 5.43 Å². The lowest BCUT2D eigenvalue weighted by Crippen LogP contribution is -1.94. The summed E-state index contributed by atoms with van der Waals surface area (Å²) in [4.78, 5) is 11.3. The number of furan rings is 1. The molecule has 0 aliphatic rings. The van der Waals surface area contributed by atoms with E-state index in [9.17, 15) is 9.90 Å². The molecule has 0 amide bonds. The molecular formula is C9H6O4. The van der Waals surface area contributed by atoms with E-state index in [2.05, 4.69) is 0 Å². The smallest absolute Gasteiger partial charge is 0.231 e. The largest absolute Gasteiger partial charge is 0.504 e. The van der Waals surface area contributed by atoms with Crippen molar-refractivity contribution in [2.75, 3.05) is 0 Å². The molecule has 2 N–H and O–H groups in total. The van der Waals surface area contributed by atoms with E-state index in [4.69, 9.17) is 9.52 Å². The summed E-state index contributed by atoms with van der Waals surface area (Å²) in [6, 6.07) is 3.74. The highest BCUT2D eigenvalue weighted by Gasteiger charge is 2.07. The van der Waals surface area contributed by atoms with E-state index in [1.165, 1.54) is 18.4 Å². The van der Waals surface area contributed by atoms with E-state index in [1.807, 2.05) is 0 Å². The third kappa shape index (κ3) is 1.03. The fraction of sp³-hybridized carbons (Fsp3) is 0. The van der Waals surface area contributed by atoms with Crippen molar-refractivity contribution in [3.63, 3.8) is 0 Å². The zero-order valence-corrected chi connectivity index (χ0v) is 6.52. The summed E-state index contributed by atoms with van der Waals surface area (Å²) in [6.07, 6.45) is 1.28. The third-order valence-corrected chi connectivity index (χ3v) is 1.77. The second-order valence-electron chi connectivity index (χ2n) is 2.60. The first-order valence-electron chi connectivity index (χ1n) is 3.62. The lowest BCUT2D eigenvalue weighted by Gasteiger charge is -1.82. The highest BCUT2D eigenvalue weighted by atomic mass is 16.3. The number of hydrogen-bond donors (Lipinski definition) is 2. The molecule has 1 heterocycles. The van der Waals surface area contributed by atoms with Crippen molar-refractivity contribution >= 4 is 11.0 Å². The molecule has 0 saturated heterocycles. The Kier molecular flexibility index (Phi) is 1.48. The Bertz CT molecular complexity index is 512. The Labute approximate surface area is 72.7 Å². The monoisotopic (exact) mass is 178 g/mol. The van der Waals surface area contributed by atoms with Crippen LogP contribution in [0.25, 0.3) is 11.0 Å². The zero-order valence-electron chi connectivity index (χ0n) is 6.52. The third-order valence-electron chi connectivity index (χ3n) is 1.77. The van der Waals surface area contributed by atoms with E-state index >= 15 is 0 Å². The number of fused-ring (bicyclic) bond motifs is 1. The molecule has 0 aliphatic carbocycles. The molecule has 2 rings (SSSR count). The SMILES string of the molecule is O=c1c(O)ccc(O)c2occc12. The van der Waals surface area contributed by atoms with Crippen LogP contribution >= 0.6 is 0 Å². The molecule has 0 bridgehead atoms. The van der Waals surface area contributed by atoms with Gasteiger partial charge in [0, 0.05) is 0 Å². The molecule has 0 unspecified atom stereocenters. The van der Waals surface area contributed by atoms with Crippen molar-refractivity contribution < 1.29 is 14.6 Å². The van der Waals surface area contributed by atoms with Crippen molar-refractivity contribution in [1.29, 1.82) is 0 Å². The van der Waals surface area contributed by atoms with Crippen molar-refractivity contribution in [1.82, 2.24) is 0 Å². The van der Waals surface area contributed by atoms with E-state index in [1.54, 1.807) is 0 Å². The van der Waals surface area contributed by atoms with Gasteiger partial charge in [0.1, 0.15) is 0 Å². The maximum atomic E-state index is 11.3. The lowest BCUT2D eigenvalue weighted by atomic mass is 10.3. The maximum Gasteiger partial charge on any atom is 0.231 e. The Morgan fingerprint density at radius 2 is 1.77 bits per heavy atom. The zero-order chi connectivity index (χ0) is 9.42. The van der Waals surface area contributed by atoms with Crippen LogP contribution in [0.1, 0.15) is 0 Å². The fourth-order valence-electron chi connectivity index (χ4n) is 1.13. The van der Waals surface area contributed by atoms with Crippen molar-refractivity contribution in [2.24, 2.45) is 0 Å². The van der Waals surface area contributed by atoms with E-state index in [0.717, 1.165) is 6.07 Å². The van der Waals surface area contributed by atoms with Gasteiger partial charge in [-0.2, -0.15) is 0 Å². The van der Waals surface area contributed by atoms with Gasteiger partial charge in [0.15, 0.2) is 17.1 Å². The topological polar surface area (TPSA) is 70.7 Å². The molecule has 0 spiro atoms. The van der Waals surface area contributed by atoms with Gasteiger partial charge in [0.25, 0.3) is 0 Å². The van der Waals surface area contributed by atoms with Crippen LogP contribution in [0.4, 0.5) is 0 Å². The van der Waals surface area contributed by atoms with E-state index in [0.29, 0.717) is 0 Å². The summed E-state index contributed by atoms with van der Waals surface area (Å²) in [5.41, 5.74) is -0.464. The second-order valence-corrected chi connectivity index (χ2v) is 2.60. The average Bonchev–Trinajstić information content (AvgIpc) is 2.57. The summed E-state index contributed by atoms with van der Waals surface area (Å²) in [7, 11) is 0. The van der Waals surface area contributed by atoms with Gasteiger partial charge in [-0.3, -0.25) is 4.79 Å². The standard InChI is InChI=1S/C9H6O4/c10-6-1-2-7(11)9-5(8(6)12)3-4-13-9/h1-4,11H,(H,10,12). The molecule has 4 nitrogen and oxygen atoms in total. The van der Waals surface area contributed by atoms with Crippen LogP contribution in [0, 0.1) is 0 Å². The summed E-state index contributed by atoms with van der Waals surface area (Å²) in [6.45, 7) is 0. The maximum absolute atomic E-state index is 11.3. The summed E-state index contributed by atoms with van der Waals surface area (Å²) in [5.74, 6) is -0.580. The molecule has 1 aromatic heterocycles. The summed E-state index contributed by atoms with van der Waals surface area (Å²) < 4.78 is 4.88. The highest BCUT2D eigenvalue weighted by molar-refractivity contribution is 5.82. The lowest BCUT2D eigenvalue weighted by molar-refractivity contribution is 0.462. The van der Waals surface area contributed by atoms with Crippen LogP contribution in [-0.2, 0) is 0 Å². The van der Waals surface area contributed by atoms with Crippen molar-refractivity contribution in [3.05, 3.63) is 34.7 Å². The second kappa shape index (κ2) is 2.52. The first kappa shape index (κ1) is 7.67. The van der Waals surface area contributed by atoms with Crippen LogP contribution in [0.3, 0.4) is 0 Å². The molecule has 0 radical (unpaired) electrons. The summed E-state index contributed by atoms with van der Waals surface area (Å²) >= 11 is 0. The minimum absolute atomic E-state index is 0.0882. The van der Waals surface area contributed by atoms with Crippen LogP contribution in [-0.4, -0.2) is 10.2 Å². The van der Waals surface area contributed by atoms with Crippen LogP contribution in [0.5, 0.6) is 11.5 Å². The number of rotatable bonds is 0. The van der Waals surface area contributed by atoms with Gasteiger partial charge in [-0.15, -0.1) is 0 Å². The Morgan fingerprint density at radius 1 is 1.08 bits per heavy atom. The normalized spacial score (nSPS) is 10.5. The molecule has 0 fully saturated rings. The van der Waals surface area contributed by atoms with Gasteiger partial charge in [-0.1, -0.05) is 0 Å². The van der Waals surface area contributed by atoms with Crippen LogP contribution in [0.2, 0.25) is 0 Å². The molecule has 2 aromatic rings. The molecule has 0 saturated carbocycles. The predicted molar refractivity (Wildman–Crippen MR) is 45.8 cm³/mol. The van der Waals surface area contributed by atoms with Crippen molar-refractivity contribution in [3.8, 4) is 11.5 Å². The highest BCUT2D eigenvalue weighted by Crippen LogP contribution is 2.22. The van der Waals surface area contributed by atoms with Crippen molar-refractivity contribution in [2.45, 2.75) is 0 Å². The molecule has 0 aliphatic heterocycles. The Morgan fingerprint density at radius 3 is 2.54 bits per heavy atom. The first-order chi connectivity index (χ1) is 6.20. The van der Waals surface area contributed by atoms with Gasteiger partial charge in [-0.05, 0) is 18.2 Å². The van der Waals surface area contributed by atoms with Gasteiger partial charge in [0.05, 0.1) is 11.6 Å². The minimum atomic E-state index is -0.552. The number of aromatic hydroxyl groups is 2. The van der Waals surface area contributed by atoms with Gasteiger partial charge >= 0.3 is 0 Å².